The van der Waals surface area contributed by atoms with Crippen LogP contribution in [0, 0.1) is 0 Å². The van der Waals surface area contributed by atoms with Gasteiger partial charge in [-0.3, -0.25) is 0 Å². The molecule has 3 rings (SSSR count). The monoisotopic (exact) mass is 355 g/mol. The second kappa shape index (κ2) is 6.37. The van der Waals surface area contributed by atoms with Crippen LogP contribution < -0.4 is 5.32 Å². The summed E-state index contributed by atoms with van der Waals surface area (Å²) in [5, 5.41) is 9.77. The maximum absolute atomic E-state index is 5.51. The second-order valence-corrected chi connectivity index (χ2v) is 7.01. The first kappa shape index (κ1) is 14.2. The van der Waals surface area contributed by atoms with E-state index in [1.54, 1.807) is 11.3 Å². The average molecular weight is 356 g/mol. The second-order valence-electron chi connectivity index (χ2n) is 5.18. The highest BCUT2D eigenvalue weighted by atomic mass is 79.9. The number of hydrogen-bond donors (Lipinski definition) is 1. The molecule has 0 saturated heterocycles. The molecule has 4 nitrogen and oxygen atoms in total. The topological polar surface area (TPSA) is 51.0 Å². The Morgan fingerprint density at radius 1 is 1.50 bits per heavy atom. The van der Waals surface area contributed by atoms with Crippen LogP contribution in [0.4, 0.5) is 0 Å². The molecule has 0 aliphatic heterocycles. The van der Waals surface area contributed by atoms with E-state index in [0.717, 1.165) is 34.6 Å². The third-order valence-electron chi connectivity index (χ3n) is 3.72. The van der Waals surface area contributed by atoms with Gasteiger partial charge in [-0.1, -0.05) is 18.5 Å². The zero-order valence-electron chi connectivity index (χ0n) is 11.4. The molecule has 0 aromatic carbocycles. The first-order valence-electron chi connectivity index (χ1n) is 7.09. The Hall–Kier alpha value is -0.720. The van der Waals surface area contributed by atoms with Crippen molar-refractivity contribution in [1.82, 2.24) is 15.5 Å². The van der Waals surface area contributed by atoms with Gasteiger partial charge in [0.1, 0.15) is 0 Å². The molecule has 2 heterocycles. The zero-order valence-corrected chi connectivity index (χ0v) is 13.8. The molecule has 1 saturated carbocycles. The Bertz CT molecular complexity index is 568. The summed E-state index contributed by atoms with van der Waals surface area (Å²) >= 11 is 5.08. The van der Waals surface area contributed by atoms with Crippen LogP contribution in [0.2, 0.25) is 0 Å². The van der Waals surface area contributed by atoms with Crippen molar-refractivity contribution in [2.45, 2.75) is 44.6 Å². The molecule has 0 spiro atoms. The Kier molecular flexibility index (Phi) is 4.53. The normalized spacial score (nSPS) is 22.5. The van der Waals surface area contributed by atoms with E-state index >= 15 is 0 Å². The Balaban J connectivity index is 1.75. The van der Waals surface area contributed by atoms with Gasteiger partial charge in [0.05, 0.1) is 10.8 Å². The van der Waals surface area contributed by atoms with Crippen molar-refractivity contribution in [1.29, 1.82) is 0 Å². The van der Waals surface area contributed by atoms with Crippen LogP contribution in [0.25, 0.3) is 10.7 Å². The average Bonchev–Trinajstić information content (AvgIpc) is 3.15. The first-order valence-corrected chi connectivity index (χ1v) is 8.76. The predicted molar refractivity (Wildman–Crippen MR) is 84.0 cm³/mol. The predicted octanol–water partition coefficient (Wildman–Crippen LogP) is 4.20. The highest BCUT2D eigenvalue weighted by Gasteiger charge is 2.32. The molecule has 2 aromatic rings. The molecule has 0 bridgehead atoms. The summed E-state index contributed by atoms with van der Waals surface area (Å²) in [6.45, 7) is 3.25. The van der Waals surface area contributed by atoms with E-state index in [0.29, 0.717) is 17.8 Å². The Morgan fingerprint density at radius 2 is 2.40 bits per heavy atom. The fourth-order valence-electron chi connectivity index (χ4n) is 2.75. The molecule has 1 aliphatic carbocycles. The molecule has 2 atom stereocenters. The summed E-state index contributed by atoms with van der Waals surface area (Å²) in [6.07, 6.45) is 4.72. The number of nitrogens with zero attached hydrogens (tertiary/aromatic N) is 2. The molecule has 20 heavy (non-hydrogen) atoms. The third-order valence-corrected chi connectivity index (χ3v) is 5.41. The van der Waals surface area contributed by atoms with Crippen LogP contribution in [-0.2, 0) is 0 Å². The van der Waals surface area contributed by atoms with Gasteiger partial charge in [0.2, 0.25) is 11.7 Å². The van der Waals surface area contributed by atoms with Crippen LogP contribution in [0.5, 0.6) is 0 Å². The molecular weight excluding hydrogens is 338 g/mol. The van der Waals surface area contributed by atoms with Crippen molar-refractivity contribution >= 4 is 27.3 Å². The summed E-state index contributed by atoms with van der Waals surface area (Å²) in [5.41, 5.74) is 0. The number of thiophene rings is 1. The van der Waals surface area contributed by atoms with Gasteiger partial charge in [0, 0.05) is 15.9 Å². The number of hydrogen-bond acceptors (Lipinski definition) is 5. The summed E-state index contributed by atoms with van der Waals surface area (Å²) in [4.78, 5) is 5.65. The lowest BCUT2D eigenvalue weighted by Gasteiger charge is -2.17. The van der Waals surface area contributed by atoms with Crippen molar-refractivity contribution in [2.75, 3.05) is 6.54 Å². The van der Waals surface area contributed by atoms with Gasteiger partial charge < -0.3 is 9.84 Å². The largest absolute Gasteiger partial charge is 0.339 e. The van der Waals surface area contributed by atoms with Gasteiger partial charge in [0.15, 0.2) is 0 Å². The highest BCUT2D eigenvalue weighted by molar-refractivity contribution is 9.10. The molecule has 1 aliphatic rings. The first-order chi connectivity index (χ1) is 9.78. The van der Waals surface area contributed by atoms with E-state index in [4.69, 9.17) is 4.52 Å². The van der Waals surface area contributed by atoms with Crippen molar-refractivity contribution in [3.63, 3.8) is 0 Å². The van der Waals surface area contributed by atoms with Crippen molar-refractivity contribution in [3.05, 3.63) is 21.8 Å². The van der Waals surface area contributed by atoms with Crippen molar-refractivity contribution in [2.24, 2.45) is 0 Å². The quantitative estimate of drug-likeness (QED) is 0.873. The van der Waals surface area contributed by atoms with Gasteiger partial charge in [-0.2, -0.15) is 4.98 Å². The number of halogens is 1. The van der Waals surface area contributed by atoms with Gasteiger partial charge >= 0.3 is 0 Å². The Morgan fingerprint density at radius 3 is 3.15 bits per heavy atom. The highest BCUT2D eigenvalue weighted by Crippen LogP contribution is 2.35. The standard InChI is InChI=1S/C14H18BrN3OS/c1-2-6-16-11-5-3-4-10(11)14-17-13(18-19-14)12-7-9(15)8-20-12/h7-8,10-11,16H,2-6H2,1H3. The maximum Gasteiger partial charge on any atom is 0.231 e. The molecule has 1 fully saturated rings. The lowest BCUT2D eigenvalue weighted by molar-refractivity contribution is 0.330. The van der Waals surface area contributed by atoms with E-state index in [1.165, 1.54) is 12.8 Å². The summed E-state index contributed by atoms with van der Waals surface area (Å²) < 4.78 is 6.57. The minimum atomic E-state index is 0.367. The minimum Gasteiger partial charge on any atom is -0.339 e. The SMILES string of the molecule is CCCNC1CCCC1c1nc(-c2cc(Br)cs2)no1. The lowest BCUT2D eigenvalue weighted by Crippen LogP contribution is -2.31. The smallest absolute Gasteiger partial charge is 0.231 e. The van der Waals surface area contributed by atoms with E-state index < -0.39 is 0 Å². The van der Waals surface area contributed by atoms with Crippen molar-refractivity contribution < 1.29 is 4.52 Å². The summed E-state index contributed by atoms with van der Waals surface area (Å²) in [5.74, 6) is 1.86. The van der Waals surface area contributed by atoms with Crippen LogP contribution in [0.1, 0.15) is 44.4 Å². The van der Waals surface area contributed by atoms with Crippen molar-refractivity contribution in [3.8, 4) is 10.7 Å². The fourth-order valence-corrected chi connectivity index (χ4v) is 4.10. The maximum atomic E-state index is 5.51. The fraction of sp³-hybridized carbons (Fsp3) is 0.571. The molecule has 0 radical (unpaired) electrons. The molecule has 2 unspecified atom stereocenters. The summed E-state index contributed by atoms with van der Waals surface area (Å²) in [6, 6.07) is 2.51. The van der Waals surface area contributed by atoms with E-state index in [-0.39, 0.29) is 0 Å². The van der Waals surface area contributed by atoms with E-state index in [2.05, 4.69) is 38.3 Å². The number of nitrogens with one attached hydrogen (secondary N) is 1. The van der Waals surface area contributed by atoms with Gasteiger partial charge in [0.25, 0.3) is 0 Å². The van der Waals surface area contributed by atoms with Crippen LogP contribution in [-0.4, -0.2) is 22.7 Å². The lowest BCUT2D eigenvalue weighted by atomic mass is 10.0. The molecule has 6 heteroatoms. The number of aromatic nitrogens is 2. The van der Waals surface area contributed by atoms with E-state index in [1.807, 2.05) is 11.4 Å². The van der Waals surface area contributed by atoms with Gasteiger partial charge in [-0.25, -0.2) is 0 Å². The molecule has 0 amide bonds. The molecule has 2 aromatic heterocycles. The van der Waals surface area contributed by atoms with Gasteiger partial charge in [-0.15, -0.1) is 11.3 Å². The van der Waals surface area contributed by atoms with Gasteiger partial charge in [-0.05, 0) is 47.8 Å². The number of rotatable bonds is 5. The molecular formula is C14H18BrN3OS. The van der Waals surface area contributed by atoms with Crippen LogP contribution in [0.15, 0.2) is 20.4 Å². The van der Waals surface area contributed by atoms with Crippen LogP contribution in [0.3, 0.4) is 0 Å². The Labute approximate surface area is 131 Å². The van der Waals surface area contributed by atoms with Crippen LogP contribution >= 0.6 is 27.3 Å². The molecule has 108 valence electrons. The third kappa shape index (κ3) is 2.97. The summed E-state index contributed by atoms with van der Waals surface area (Å²) in [7, 11) is 0. The van der Waals surface area contributed by atoms with E-state index in [9.17, 15) is 0 Å². The zero-order chi connectivity index (χ0) is 13.9. The minimum absolute atomic E-state index is 0.367. The molecule has 1 N–H and O–H groups in total.